The lowest BCUT2D eigenvalue weighted by atomic mass is 10.00. The minimum absolute atomic E-state index is 0. The summed E-state index contributed by atoms with van der Waals surface area (Å²) < 4.78 is 19.6. The van der Waals surface area contributed by atoms with Gasteiger partial charge in [0, 0.05) is 25.7 Å². The zero-order valence-corrected chi connectivity index (χ0v) is 19.4. The maximum Gasteiger partial charge on any atom is 0.194 e. The van der Waals surface area contributed by atoms with Crippen LogP contribution in [0.4, 0.5) is 4.39 Å². The summed E-state index contributed by atoms with van der Waals surface area (Å²) in [5.41, 5.74) is 4.88. The van der Waals surface area contributed by atoms with Crippen LogP contribution in [-0.2, 0) is 17.9 Å². The molecule has 1 atom stereocenters. The third-order valence-corrected chi connectivity index (χ3v) is 5.08. The molecule has 2 N–H and O–H groups in total. The first kappa shape index (κ1) is 23.6. The molecular weight excluding hydrogens is 484 g/mol. The minimum atomic E-state index is -0.389. The second-order valence-electron chi connectivity index (χ2n) is 7.15. The van der Waals surface area contributed by atoms with Crippen molar-refractivity contribution >= 4 is 29.9 Å². The number of aliphatic hydroxyl groups excluding tert-OH is 1. The van der Waals surface area contributed by atoms with Crippen LogP contribution in [0, 0.1) is 19.7 Å². The van der Waals surface area contributed by atoms with Gasteiger partial charge in [-0.3, -0.25) is 4.99 Å². The van der Waals surface area contributed by atoms with Gasteiger partial charge in [-0.05, 0) is 42.7 Å². The number of halogens is 2. The number of nitrogens with one attached hydrogen (secondary N) is 1. The van der Waals surface area contributed by atoms with Gasteiger partial charge in [-0.2, -0.15) is 0 Å². The van der Waals surface area contributed by atoms with Crippen LogP contribution in [0.3, 0.4) is 0 Å². The highest BCUT2D eigenvalue weighted by molar-refractivity contribution is 14.0. The fourth-order valence-corrected chi connectivity index (χ4v) is 3.59. The van der Waals surface area contributed by atoms with Crippen LogP contribution in [-0.4, -0.2) is 42.7 Å². The molecule has 29 heavy (non-hydrogen) atoms. The molecule has 0 saturated carbocycles. The van der Waals surface area contributed by atoms with Crippen molar-refractivity contribution in [1.82, 2.24) is 10.2 Å². The van der Waals surface area contributed by atoms with Gasteiger partial charge in [-0.25, -0.2) is 4.39 Å². The van der Waals surface area contributed by atoms with E-state index in [1.54, 1.807) is 19.2 Å². The average Bonchev–Trinajstić information content (AvgIpc) is 2.70. The van der Waals surface area contributed by atoms with Gasteiger partial charge < -0.3 is 20.1 Å². The number of hydrogen-bond acceptors (Lipinski definition) is 3. The molecule has 158 valence electrons. The van der Waals surface area contributed by atoms with Gasteiger partial charge >= 0.3 is 0 Å². The maximum absolute atomic E-state index is 13.6. The molecule has 0 aromatic heterocycles. The molecule has 0 spiro atoms. The van der Waals surface area contributed by atoms with Crippen molar-refractivity contribution in [1.29, 1.82) is 0 Å². The number of aryl methyl sites for hydroxylation is 2. The predicted molar refractivity (Wildman–Crippen MR) is 124 cm³/mol. The van der Waals surface area contributed by atoms with Crippen LogP contribution in [0.25, 0.3) is 0 Å². The van der Waals surface area contributed by atoms with E-state index in [1.165, 1.54) is 22.8 Å². The van der Waals surface area contributed by atoms with Crippen molar-refractivity contribution in [3.05, 3.63) is 70.0 Å². The van der Waals surface area contributed by atoms with Crippen molar-refractivity contribution in [3.8, 4) is 0 Å². The Balaban J connectivity index is 0.00000300. The second-order valence-corrected chi connectivity index (χ2v) is 7.15. The Kier molecular flexibility index (Phi) is 8.85. The number of morpholine rings is 1. The Bertz CT molecular complexity index is 860. The summed E-state index contributed by atoms with van der Waals surface area (Å²) in [6.07, 6.45) is -0.000266. The van der Waals surface area contributed by atoms with Gasteiger partial charge in [0.25, 0.3) is 0 Å². The van der Waals surface area contributed by atoms with E-state index in [0.29, 0.717) is 18.7 Å². The van der Waals surface area contributed by atoms with Crippen LogP contribution in [0.5, 0.6) is 0 Å². The molecule has 1 aliphatic rings. The van der Waals surface area contributed by atoms with E-state index in [-0.39, 0.29) is 42.5 Å². The van der Waals surface area contributed by atoms with Crippen molar-refractivity contribution < 1.29 is 14.2 Å². The van der Waals surface area contributed by atoms with E-state index in [0.717, 1.165) is 24.6 Å². The number of rotatable bonds is 4. The van der Waals surface area contributed by atoms with Gasteiger partial charge in [-0.1, -0.05) is 29.8 Å². The lowest BCUT2D eigenvalue weighted by molar-refractivity contribution is -0.00834. The second kappa shape index (κ2) is 10.9. The minimum Gasteiger partial charge on any atom is -0.392 e. The van der Waals surface area contributed by atoms with Gasteiger partial charge in [0.1, 0.15) is 11.9 Å². The van der Waals surface area contributed by atoms with Crippen molar-refractivity contribution in [2.75, 3.05) is 26.7 Å². The Morgan fingerprint density at radius 2 is 2.07 bits per heavy atom. The fourth-order valence-electron chi connectivity index (χ4n) is 3.59. The average molecular weight is 513 g/mol. The summed E-state index contributed by atoms with van der Waals surface area (Å²) in [6.45, 7) is 6.51. The number of guanidine groups is 1. The van der Waals surface area contributed by atoms with E-state index in [1.807, 2.05) is 0 Å². The summed E-state index contributed by atoms with van der Waals surface area (Å²) in [4.78, 5) is 6.59. The van der Waals surface area contributed by atoms with E-state index in [9.17, 15) is 9.50 Å². The maximum atomic E-state index is 13.6. The number of aliphatic imine (C=N–C) groups is 1. The highest BCUT2D eigenvalue weighted by Crippen LogP contribution is 2.26. The number of aliphatic hydroxyl groups is 1. The first-order chi connectivity index (χ1) is 13.5. The van der Waals surface area contributed by atoms with E-state index in [4.69, 9.17) is 4.74 Å². The molecule has 2 aromatic carbocycles. The molecule has 2 aromatic rings. The van der Waals surface area contributed by atoms with Gasteiger partial charge in [0.05, 0.1) is 19.8 Å². The standard InChI is InChI=1S/C22H28FN3O2.HI/c1-15-4-6-19(16(2)10-15)21-13-26(8-9-28-21)22(24-3)25-12-17-5-7-20(23)18(11-17)14-27;/h4-7,10-11,21,27H,8-9,12-14H2,1-3H3,(H,24,25);1H. The Morgan fingerprint density at radius 3 is 2.76 bits per heavy atom. The predicted octanol–water partition coefficient (Wildman–Crippen LogP) is 3.70. The normalized spacial score (nSPS) is 17.1. The largest absolute Gasteiger partial charge is 0.392 e. The van der Waals surface area contributed by atoms with Gasteiger partial charge in [0.2, 0.25) is 0 Å². The Morgan fingerprint density at radius 1 is 1.28 bits per heavy atom. The number of ether oxygens (including phenoxy) is 1. The topological polar surface area (TPSA) is 57.1 Å². The van der Waals surface area contributed by atoms with Crippen LogP contribution >= 0.6 is 24.0 Å². The van der Waals surface area contributed by atoms with Crippen molar-refractivity contribution in [2.24, 2.45) is 4.99 Å². The first-order valence-electron chi connectivity index (χ1n) is 9.54. The molecule has 3 rings (SSSR count). The molecule has 1 unspecified atom stereocenters. The van der Waals surface area contributed by atoms with Crippen molar-refractivity contribution in [3.63, 3.8) is 0 Å². The van der Waals surface area contributed by atoms with Crippen LogP contribution in [0.2, 0.25) is 0 Å². The zero-order chi connectivity index (χ0) is 20.1. The molecule has 0 bridgehead atoms. The number of nitrogens with zero attached hydrogens (tertiary/aromatic N) is 2. The molecule has 1 saturated heterocycles. The summed E-state index contributed by atoms with van der Waals surface area (Å²) in [5.74, 6) is 0.396. The monoisotopic (exact) mass is 513 g/mol. The smallest absolute Gasteiger partial charge is 0.194 e. The molecule has 1 aliphatic heterocycles. The number of benzene rings is 2. The molecule has 0 aliphatic carbocycles. The van der Waals surface area contributed by atoms with E-state index < -0.39 is 0 Å². The third kappa shape index (κ3) is 5.90. The number of hydrogen-bond donors (Lipinski definition) is 2. The lowest BCUT2D eigenvalue weighted by Gasteiger charge is -2.36. The quantitative estimate of drug-likeness (QED) is 0.372. The summed E-state index contributed by atoms with van der Waals surface area (Å²) in [7, 11) is 1.76. The molecule has 1 fully saturated rings. The summed E-state index contributed by atoms with van der Waals surface area (Å²) in [6, 6.07) is 11.2. The lowest BCUT2D eigenvalue weighted by Crippen LogP contribution is -2.48. The Labute approximate surface area is 189 Å². The highest BCUT2D eigenvalue weighted by atomic mass is 127. The molecule has 7 heteroatoms. The van der Waals surface area contributed by atoms with E-state index >= 15 is 0 Å². The molecule has 5 nitrogen and oxygen atoms in total. The zero-order valence-electron chi connectivity index (χ0n) is 17.1. The molecule has 1 heterocycles. The van der Waals surface area contributed by atoms with Gasteiger partial charge in [-0.15, -0.1) is 24.0 Å². The highest BCUT2D eigenvalue weighted by Gasteiger charge is 2.25. The van der Waals surface area contributed by atoms with Crippen molar-refractivity contribution in [2.45, 2.75) is 33.1 Å². The first-order valence-corrected chi connectivity index (χ1v) is 9.54. The molecular formula is C22H29FIN3O2. The van der Waals surface area contributed by atoms with E-state index in [2.05, 4.69) is 47.3 Å². The third-order valence-electron chi connectivity index (χ3n) is 5.08. The van der Waals surface area contributed by atoms with Gasteiger partial charge in [0.15, 0.2) is 5.96 Å². The Hall–Kier alpha value is -1.71. The SMILES string of the molecule is CN=C(NCc1ccc(F)c(CO)c1)N1CCOC(c2ccc(C)cc2C)C1.I. The molecule has 0 radical (unpaired) electrons. The molecule has 0 amide bonds. The van der Waals surface area contributed by atoms with Crippen LogP contribution in [0.15, 0.2) is 41.4 Å². The summed E-state index contributed by atoms with van der Waals surface area (Å²) in [5, 5.41) is 12.6. The fraction of sp³-hybridized carbons (Fsp3) is 0.409. The summed E-state index contributed by atoms with van der Waals surface area (Å²) >= 11 is 0. The van der Waals surface area contributed by atoms with Crippen LogP contribution < -0.4 is 5.32 Å². The van der Waals surface area contributed by atoms with Crippen LogP contribution in [0.1, 0.15) is 33.9 Å².